The average Bonchev–Trinajstić information content (AvgIpc) is 2.33. The van der Waals surface area contributed by atoms with Crippen LogP contribution in [0.4, 0.5) is 0 Å². The van der Waals surface area contributed by atoms with Crippen molar-refractivity contribution in [2.75, 3.05) is 5.75 Å². The molecular formula is C15H29NO2S. The van der Waals surface area contributed by atoms with Crippen molar-refractivity contribution in [3.05, 3.63) is 0 Å². The first-order chi connectivity index (χ1) is 9.16. The second kappa shape index (κ2) is 7.63. The monoisotopic (exact) mass is 287 g/mol. The Morgan fingerprint density at radius 2 is 1.21 bits per heavy atom. The molecule has 1 N–H and O–H groups in total. The molecule has 4 heteroatoms. The quantitative estimate of drug-likeness (QED) is 0.858. The van der Waals surface area contributed by atoms with Gasteiger partial charge in [-0.25, -0.2) is 13.1 Å². The summed E-state index contributed by atoms with van der Waals surface area (Å²) in [5.41, 5.74) is 0. The molecule has 112 valence electrons. The maximum absolute atomic E-state index is 12.3. The largest absolute Gasteiger partial charge is 0.212 e. The van der Waals surface area contributed by atoms with Gasteiger partial charge in [-0.2, -0.15) is 0 Å². The summed E-state index contributed by atoms with van der Waals surface area (Å²) in [7, 11) is -3.06. The van der Waals surface area contributed by atoms with Crippen LogP contribution in [0.15, 0.2) is 0 Å². The Morgan fingerprint density at radius 1 is 0.737 bits per heavy atom. The van der Waals surface area contributed by atoms with Crippen LogP contribution in [0.25, 0.3) is 0 Å². The predicted octanol–water partition coefficient (Wildman–Crippen LogP) is 3.60. The van der Waals surface area contributed by atoms with Crippen LogP contribution < -0.4 is 4.72 Å². The van der Waals surface area contributed by atoms with Crippen LogP contribution >= 0.6 is 0 Å². The Hall–Kier alpha value is -0.0900. The molecule has 2 aliphatic carbocycles. The molecule has 0 saturated heterocycles. The summed E-state index contributed by atoms with van der Waals surface area (Å²) in [5.74, 6) is 0.767. The van der Waals surface area contributed by atoms with Gasteiger partial charge in [0.1, 0.15) is 0 Å². The highest BCUT2D eigenvalue weighted by atomic mass is 32.2. The van der Waals surface area contributed by atoms with Crippen molar-refractivity contribution >= 4 is 10.0 Å². The summed E-state index contributed by atoms with van der Waals surface area (Å²) in [4.78, 5) is 0. The first kappa shape index (κ1) is 15.3. The van der Waals surface area contributed by atoms with Crippen molar-refractivity contribution in [2.24, 2.45) is 5.92 Å². The Labute approximate surface area is 118 Å². The van der Waals surface area contributed by atoms with E-state index in [4.69, 9.17) is 0 Å². The van der Waals surface area contributed by atoms with E-state index in [2.05, 4.69) is 4.72 Å². The third-order valence-electron chi connectivity index (χ3n) is 4.63. The molecule has 0 unspecified atom stereocenters. The molecule has 2 saturated carbocycles. The maximum atomic E-state index is 12.3. The van der Waals surface area contributed by atoms with E-state index in [1.807, 2.05) is 0 Å². The molecular weight excluding hydrogens is 258 g/mol. The maximum Gasteiger partial charge on any atom is 0.212 e. The molecule has 0 aromatic rings. The molecule has 0 spiro atoms. The molecule has 0 heterocycles. The van der Waals surface area contributed by atoms with E-state index in [1.165, 1.54) is 51.4 Å². The Balaban J connectivity index is 1.80. The molecule has 2 aliphatic rings. The third kappa shape index (κ3) is 5.82. The van der Waals surface area contributed by atoms with Crippen molar-refractivity contribution < 1.29 is 8.42 Å². The molecule has 0 aromatic heterocycles. The Bertz CT molecular complexity index is 339. The summed E-state index contributed by atoms with van der Waals surface area (Å²) >= 11 is 0. The molecule has 19 heavy (non-hydrogen) atoms. The van der Waals surface area contributed by atoms with Gasteiger partial charge in [-0.1, -0.05) is 51.4 Å². The van der Waals surface area contributed by atoms with Gasteiger partial charge in [-0.3, -0.25) is 0 Å². The molecule has 0 aliphatic heterocycles. The fourth-order valence-electron chi connectivity index (χ4n) is 3.54. The average molecular weight is 287 g/mol. The topological polar surface area (TPSA) is 46.2 Å². The van der Waals surface area contributed by atoms with E-state index in [9.17, 15) is 8.42 Å². The molecule has 0 radical (unpaired) electrons. The molecule has 0 bridgehead atoms. The highest BCUT2D eigenvalue weighted by molar-refractivity contribution is 7.89. The van der Waals surface area contributed by atoms with Gasteiger partial charge in [0.05, 0.1) is 5.75 Å². The molecule has 0 atom stereocenters. The Morgan fingerprint density at radius 3 is 1.84 bits per heavy atom. The molecule has 2 rings (SSSR count). The van der Waals surface area contributed by atoms with E-state index >= 15 is 0 Å². The standard InChI is InChI=1S/C15H29NO2S/c17-19(18,13-14-9-5-4-6-10-14)16-15-11-7-2-1-3-8-12-15/h14-16H,1-13H2. The zero-order valence-electron chi connectivity index (χ0n) is 12.1. The lowest BCUT2D eigenvalue weighted by Gasteiger charge is -2.24. The molecule has 2 fully saturated rings. The lowest BCUT2D eigenvalue weighted by Crippen LogP contribution is -2.38. The number of nitrogens with one attached hydrogen (secondary N) is 1. The van der Waals surface area contributed by atoms with E-state index in [-0.39, 0.29) is 6.04 Å². The zero-order valence-corrected chi connectivity index (χ0v) is 12.9. The number of hydrogen-bond acceptors (Lipinski definition) is 2. The van der Waals surface area contributed by atoms with E-state index in [0.717, 1.165) is 25.7 Å². The predicted molar refractivity (Wildman–Crippen MR) is 79.6 cm³/mol. The minimum atomic E-state index is -3.06. The van der Waals surface area contributed by atoms with Gasteiger partial charge in [0.15, 0.2) is 0 Å². The van der Waals surface area contributed by atoms with E-state index in [0.29, 0.717) is 11.7 Å². The summed E-state index contributed by atoms with van der Waals surface area (Å²) in [6.45, 7) is 0. The van der Waals surface area contributed by atoms with Crippen molar-refractivity contribution in [3.8, 4) is 0 Å². The van der Waals surface area contributed by atoms with Crippen LogP contribution in [-0.2, 0) is 10.0 Å². The SMILES string of the molecule is O=S(=O)(CC1CCCCC1)NC1CCCCCCC1. The normalized spacial score (nSPS) is 24.8. The summed E-state index contributed by atoms with van der Waals surface area (Å²) in [6.07, 6.45) is 14.2. The lowest BCUT2D eigenvalue weighted by atomic mass is 9.91. The van der Waals surface area contributed by atoms with Crippen LogP contribution in [-0.4, -0.2) is 20.2 Å². The third-order valence-corrected chi connectivity index (χ3v) is 6.23. The highest BCUT2D eigenvalue weighted by Crippen LogP contribution is 2.25. The van der Waals surface area contributed by atoms with E-state index < -0.39 is 10.0 Å². The van der Waals surface area contributed by atoms with Crippen LogP contribution in [0.5, 0.6) is 0 Å². The fraction of sp³-hybridized carbons (Fsp3) is 1.00. The van der Waals surface area contributed by atoms with Crippen molar-refractivity contribution in [1.82, 2.24) is 4.72 Å². The number of hydrogen-bond donors (Lipinski definition) is 1. The summed E-state index contributed by atoms with van der Waals surface area (Å²) in [5, 5.41) is 0. The smallest absolute Gasteiger partial charge is 0.212 e. The first-order valence-corrected chi connectivity index (χ1v) is 9.81. The van der Waals surface area contributed by atoms with Crippen molar-refractivity contribution in [2.45, 2.75) is 83.1 Å². The van der Waals surface area contributed by atoms with Crippen LogP contribution in [0.1, 0.15) is 77.0 Å². The molecule has 0 amide bonds. The van der Waals surface area contributed by atoms with Gasteiger partial charge in [0.2, 0.25) is 10.0 Å². The molecule has 0 aromatic carbocycles. The summed E-state index contributed by atoms with van der Waals surface area (Å²) < 4.78 is 27.5. The van der Waals surface area contributed by atoms with E-state index in [1.54, 1.807) is 0 Å². The van der Waals surface area contributed by atoms with Crippen LogP contribution in [0, 0.1) is 5.92 Å². The molecule has 3 nitrogen and oxygen atoms in total. The minimum Gasteiger partial charge on any atom is -0.212 e. The van der Waals surface area contributed by atoms with Gasteiger partial charge in [-0.05, 0) is 31.6 Å². The minimum absolute atomic E-state index is 0.203. The summed E-state index contributed by atoms with van der Waals surface area (Å²) in [6, 6.07) is 0.203. The van der Waals surface area contributed by atoms with Crippen molar-refractivity contribution in [3.63, 3.8) is 0 Å². The van der Waals surface area contributed by atoms with Gasteiger partial charge in [0.25, 0.3) is 0 Å². The van der Waals surface area contributed by atoms with Gasteiger partial charge in [-0.15, -0.1) is 0 Å². The van der Waals surface area contributed by atoms with Gasteiger partial charge >= 0.3 is 0 Å². The van der Waals surface area contributed by atoms with Crippen LogP contribution in [0.3, 0.4) is 0 Å². The lowest BCUT2D eigenvalue weighted by molar-refractivity contribution is 0.380. The fourth-order valence-corrected chi connectivity index (χ4v) is 5.33. The number of sulfonamides is 1. The van der Waals surface area contributed by atoms with Crippen LogP contribution in [0.2, 0.25) is 0 Å². The second-order valence-electron chi connectivity index (χ2n) is 6.45. The number of rotatable bonds is 4. The van der Waals surface area contributed by atoms with Gasteiger partial charge in [0, 0.05) is 6.04 Å². The highest BCUT2D eigenvalue weighted by Gasteiger charge is 2.24. The Kier molecular flexibility index (Phi) is 6.14. The zero-order chi connectivity index (χ0) is 13.6. The van der Waals surface area contributed by atoms with Crippen molar-refractivity contribution in [1.29, 1.82) is 0 Å². The first-order valence-electron chi connectivity index (χ1n) is 8.16. The van der Waals surface area contributed by atoms with Gasteiger partial charge < -0.3 is 0 Å². The second-order valence-corrected chi connectivity index (χ2v) is 8.24.